The lowest BCUT2D eigenvalue weighted by molar-refractivity contribution is 0.104. The van der Waals surface area contributed by atoms with Crippen LogP contribution in [0.3, 0.4) is 0 Å². The Kier molecular flexibility index (Phi) is 18.6. The molecular formula is C38H46N4O10S. The van der Waals surface area contributed by atoms with Crippen LogP contribution in [0, 0.1) is 10.8 Å². The Bertz CT molecular complexity index is 1820. The lowest BCUT2D eigenvalue weighted by Gasteiger charge is -2.10. The van der Waals surface area contributed by atoms with Crippen LogP contribution in [0.2, 0.25) is 0 Å². The number of nitrogens with two attached hydrogens (primary N) is 2. The molecule has 0 spiro atoms. The SMILES string of the molecule is COc1cc(O)c(C(=O)C=Cc2ccccc2)c(OC)c1.N=C(N)c1ccc(OCCCCCOc2ccc(C(=N)N)cc2)cc1.O=S(=O)(O)CCO. The molecule has 284 valence electrons. The molecule has 0 aliphatic rings. The number of nitrogen functional groups attached to an aromatic ring is 2. The number of ketones is 1. The van der Waals surface area contributed by atoms with Crippen LogP contribution in [-0.2, 0) is 10.1 Å². The van der Waals surface area contributed by atoms with Gasteiger partial charge in [-0.3, -0.25) is 20.2 Å². The average molecular weight is 751 g/mol. The molecule has 0 aromatic heterocycles. The molecule has 4 aromatic rings. The minimum Gasteiger partial charge on any atom is -0.507 e. The van der Waals surface area contributed by atoms with Crippen LogP contribution < -0.4 is 30.4 Å². The number of ether oxygens (including phenoxy) is 4. The van der Waals surface area contributed by atoms with E-state index in [1.54, 1.807) is 36.4 Å². The topological polar surface area (TPSA) is 249 Å². The van der Waals surface area contributed by atoms with E-state index in [-0.39, 0.29) is 34.5 Å². The van der Waals surface area contributed by atoms with Gasteiger partial charge in [0.15, 0.2) is 5.78 Å². The maximum absolute atomic E-state index is 12.3. The number of hydrogen-bond acceptors (Lipinski definition) is 11. The lowest BCUT2D eigenvalue weighted by atomic mass is 10.1. The van der Waals surface area contributed by atoms with Gasteiger partial charge in [-0.15, -0.1) is 0 Å². The third-order valence-electron chi connectivity index (χ3n) is 6.99. The van der Waals surface area contributed by atoms with E-state index in [1.165, 1.54) is 26.4 Å². The number of benzene rings is 4. The number of methoxy groups -OCH3 is 2. The van der Waals surface area contributed by atoms with Gasteiger partial charge in [0, 0.05) is 23.3 Å². The Balaban J connectivity index is 0.000000314. The normalized spacial score (nSPS) is 10.6. The number of amidine groups is 2. The van der Waals surface area contributed by atoms with E-state index in [2.05, 4.69) is 0 Å². The number of phenols is 1. The molecule has 0 atom stereocenters. The number of carbonyl (C=O) groups excluding carboxylic acids is 1. The largest absolute Gasteiger partial charge is 0.507 e. The first kappa shape index (κ1) is 43.3. The monoisotopic (exact) mass is 750 g/mol. The van der Waals surface area contributed by atoms with E-state index >= 15 is 0 Å². The molecule has 0 radical (unpaired) electrons. The van der Waals surface area contributed by atoms with Crippen molar-refractivity contribution in [2.75, 3.05) is 39.8 Å². The zero-order chi connectivity index (χ0) is 39.2. The molecule has 0 amide bonds. The highest BCUT2D eigenvalue weighted by Gasteiger charge is 2.17. The summed E-state index contributed by atoms with van der Waals surface area (Å²) in [7, 11) is -1.01. The smallest absolute Gasteiger partial charge is 0.267 e. The Morgan fingerprint density at radius 1 is 0.755 bits per heavy atom. The number of phenolic OH excluding ortho intramolecular Hbond substituents is 1. The molecule has 14 nitrogen and oxygen atoms in total. The maximum Gasteiger partial charge on any atom is 0.267 e. The van der Waals surface area contributed by atoms with Crippen molar-refractivity contribution in [3.8, 4) is 28.7 Å². The number of allylic oxidation sites excluding steroid dienone is 1. The minimum absolute atomic E-state index is 0.0579. The van der Waals surface area contributed by atoms with Crippen molar-refractivity contribution in [2.24, 2.45) is 11.5 Å². The Morgan fingerprint density at radius 2 is 1.26 bits per heavy atom. The number of aliphatic hydroxyl groups excluding tert-OH is 1. The minimum atomic E-state index is -3.92. The maximum atomic E-state index is 12.3. The fraction of sp³-hybridized carbons (Fsp3) is 0.237. The van der Waals surface area contributed by atoms with Crippen molar-refractivity contribution in [2.45, 2.75) is 19.3 Å². The molecule has 9 N–H and O–H groups in total. The van der Waals surface area contributed by atoms with Gasteiger partial charge in [0.2, 0.25) is 0 Å². The Labute approximate surface area is 309 Å². The highest BCUT2D eigenvalue weighted by atomic mass is 32.2. The van der Waals surface area contributed by atoms with E-state index in [1.807, 2.05) is 54.6 Å². The van der Waals surface area contributed by atoms with Crippen molar-refractivity contribution >= 4 is 33.6 Å². The number of aliphatic hydroxyl groups is 1. The van der Waals surface area contributed by atoms with E-state index in [4.69, 9.17) is 50.9 Å². The van der Waals surface area contributed by atoms with E-state index in [0.29, 0.717) is 30.1 Å². The number of aromatic hydroxyl groups is 1. The van der Waals surface area contributed by atoms with Gasteiger partial charge in [-0.1, -0.05) is 36.4 Å². The fourth-order valence-corrected chi connectivity index (χ4v) is 4.49. The van der Waals surface area contributed by atoms with Crippen LogP contribution in [0.25, 0.3) is 6.08 Å². The van der Waals surface area contributed by atoms with Crippen LogP contribution in [-0.4, -0.2) is 80.4 Å². The second-order valence-electron chi connectivity index (χ2n) is 11.0. The van der Waals surface area contributed by atoms with E-state index in [0.717, 1.165) is 36.3 Å². The molecule has 0 unspecified atom stereocenters. The quantitative estimate of drug-likeness (QED) is 0.0187. The number of unbranched alkanes of at least 4 members (excludes halogenated alkanes) is 2. The molecule has 0 aliphatic carbocycles. The first-order valence-electron chi connectivity index (χ1n) is 16.2. The summed E-state index contributed by atoms with van der Waals surface area (Å²) in [4.78, 5) is 12.3. The summed E-state index contributed by atoms with van der Waals surface area (Å²) in [5.41, 5.74) is 13.2. The molecule has 0 saturated carbocycles. The molecule has 4 rings (SSSR count). The molecule has 0 heterocycles. The molecular weight excluding hydrogens is 705 g/mol. The van der Waals surface area contributed by atoms with Crippen LogP contribution >= 0.6 is 0 Å². The first-order chi connectivity index (χ1) is 25.3. The van der Waals surface area contributed by atoms with Crippen LogP contribution in [0.1, 0.15) is 46.3 Å². The van der Waals surface area contributed by atoms with Gasteiger partial charge >= 0.3 is 0 Å². The van der Waals surface area contributed by atoms with Crippen LogP contribution in [0.5, 0.6) is 28.7 Å². The summed E-state index contributed by atoms with van der Waals surface area (Å²) >= 11 is 0. The highest BCUT2D eigenvalue weighted by Crippen LogP contribution is 2.34. The summed E-state index contributed by atoms with van der Waals surface area (Å²) in [5.74, 6) is 1.29. The van der Waals surface area contributed by atoms with Gasteiger partial charge in [0.05, 0.1) is 39.8 Å². The predicted molar refractivity (Wildman–Crippen MR) is 204 cm³/mol. The van der Waals surface area contributed by atoms with Crippen molar-refractivity contribution in [3.05, 3.63) is 119 Å². The number of carbonyl (C=O) groups is 1. The summed E-state index contributed by atoms with van der Waals surface area (Å²) in [6.45, 7) is 0.762. The van der Waals surface area contributed by atoms with Crippen molar-refractivity contribution < 1.29 is 46.9 Å². The van der Waals surface area contributed by atoms with E-state index < -0.39 is 22.5 Å². The van der Waals surface area contributed by atoms with Crippen molar-refractivity contribution in [3.63, 3.8) is 0 Å². The summed E-state index contributed by atoms with van der Waals surface area (Å²) in [6.07, 6.45) is 5.99. The molecule has 0 bridgehead atoms. The van der Waals surface area contributed by atoms with Gasteiger partial charge < -0.3 is 40.6 Å². The van der Waals surface area contributed by atoms with Gasteiger partial charge in [-0.05, 0) is 79.4 Å². The second-order valence-corrected chi connectivity index (χ2v) is 12.5. The van der Waals surface area contributed by atoms with Gasteiger partial charge in [-0.25, -0.2) is 0 Å². The average Bonchev–Trinajstić information content (AvgIpc) is 3.14. The fourth-order valence-electron chi connectivity index (χ4n) is 4.26. The Hall–Kier alpha value is -5.90. The van der Waals surface area contributed by atoms with Crippen molar-refractivity contribution in [1.82, 2.24) is 0 Å². The van der Waals surface area contributed by atoms with E-state index in [9.17, 15) is 18.3 Å². The number of hydrogen-bond donors (Lipinski definition) is 7. The predicted octanol–water partition coefficient (Wildman–Crippen LogP) is 5.05. The standard InChI is InChI=1S/C19H24N4O2.C17H16O4.C2H6O4S/c20-18(21)14-4-8-16(9-5-14)24-12-2-1-3-13-25-17-10-6-15(7-11-17)19(22)23;1-20-13-10-15(19)17(16(11-13)21-2)14(18)9-8-12-6-4-3-5-7-12;3-1-2-7(4,5)6/h4-11H,1-3,12-13H2,(H3,20,21)(H3,22,23);3-11,19H,1-2H3;3H,1-2H2,(H,4,5,6). The zero-order valence-electron chi connectivity index (χ0n) is 29.5. The van der Waals surface area contributed by atoms with Crippen LogP contribution in [0.4, 0.5) is 0 Å². The lowest BCUT2D eigenvalue weighted by Crippen LogP contribution is -2.10. The molecule has 0 saturated heterocycles. The number of nitrogens with one attached hydrogen (secondary N) is 2. The summed E-state index contributed by atoms with van der Waals surface area (Å²) in [6, 6.07) is 26.8. The molecule has 4 aromatic carbocycles. The van der Waals surface area contributed by atoms with Crippen LogP contribution in [0.15, 0.2) is 97.1 Å². The first-order valence-corrected chi connectivity index (χ1v) is 17.8. The summed E-state index contributed by atoms with van der Waals surface area (Å²) < 4.78 is 48.6. The Morgan fingerprint density at radius 3 is 1.66 bits per heavy atom. The van der Waals surface area contributed by atoms with Gasteiger partial charge in [0.1, 0.15) is 46.0 Å². The highest BCUT2D eigenvalue weighted by molar-refractivity contribution is 7.85. The molecule has 15 heteroatoms. The summed E-state index contributed by atoms with van der Waals surface area (Å²) in [5, 5.41) is 32.5. The van der Waals surface area contributed by atoms with Crippen molar-refractivity contribution in [1.29, 1.82) is 10.8 Å². The zero-order valence-corrected chi connectivity index (χ0v) is 30.3. The molecule has 53 heavy (non-hydrogen) atoms. The molecule has 0 aliphatic heterocycles. The van der Waals surface area contributed by atoms with Gasteiger partial charge in [-0.2, -0.15) is 8.42 Å². The number of rotatable bonds is 17. The third-order valence-corrected chi connectivity index (χ3v) is 7.69. The third kappa shape index (κ3) is 16.8. The molecule has 0 fully saturated rings. The second kappa shape index (κ2) is 22.8. The van der Waals surface area contributed by atoms with Gasteiger partial charge in [0.25, 0.3) is 10.1 Å².